The molecule has 1 rings (SSSR count). The van der Waals surface area contributed by atoms with Crippen molar-refractivity contribution >= 4 is 5.91 Å². The van der Waals surface area contributed by atoms with Crippen LogP contribution in [0.2, 0.25) is 0 Å². The molecule has 1 heterocycles. The van der Waals surface area contributed by atoms with Crippen LogP contribution >= 0.6 is 0 Å². The maximum absolute atomic E-state index is 11.9. The third kappa shape index (κ3) is 5.83. The first-order valence-electron chi connectivity index (χ1n) is 7.09. The second-order valence-corrected chi connectivity index (χ2v) is 4.86. The van der Waals surface area contributed by atoms with E-state index in [1.165, 1.54) is 6.42 Å². The molecule has 0 bridgehead atoms. The van der Waals surface area contributed by atoms with E-state index in [0.29, 0.717) is 0 Å². The van der Waals surface area contributed by atoms with Gasteiger partial charge >= 0.3 is 0 Å². The fraction of sp³-hybridized carbons (Fsp3) is 0.600. The average molecular weight is 263 g/mol. The molecule has 0 aromatic carbocycles. The van der Waals surface area contributed by atoms with E-state index in [1.54, 1.807) is 6.20 Å². The van der Waals surface area contributed by atoms with Crippen molar-refractivity contribution in [1.29, 1.82) is 0 Å². The summed E-state index contributed by atoms with van der Waals surface area (Å²) in [5, 5.41) is 6.21. The van der Waals surface area contributed by atoms with Gasteiger partial charge in [0.15, 0.2) is 0 Å². The molecule has 1 aromatic heterocycles. The summed E-state index contributed by atoms with van der Waals surface area (Å²) < 4.78 is 0. The van der Waals surface area contributed by atoms with Gasteiger partial charge in [-0.25, -0.2) is 0 Å². The molecule has 0 fully saturated rings. The molecule has 19 heavy (non-hydrogen) atoms. The molecule has 4 heteroatoms. The third-order valence-corrected chi connectivity index (χ3v) is 3.10. The molecule has 1 aromatic rings. The lowest BCUT2D eigenvalue weighted by atomic mass is 10.2. The highest BCUT2D eigenvalue weighted by atomic mass is 16.2. The highest BCUT2D eigenvalue weighted by Crippen LogP contribution is 2.08. The summed E-state index contributed by atoms with van der Waals surface area (Å²) in [5.74, 6) is 0.0545. The van der Waals surface area contributed by atoms with E-state index >= 15 is 0 Å². The van der Waals surface area contributed by atoms with Crippen LogP contribution in [0, 0.1) is 0 Å². The normalized spacial score (nSPS) is 13.8. The predicted molar refractivity (Wildman–Crippen MR) is 77.8 cm³/mol. The number of hydrogen-bond acceptors (Lipinski definition) is 3. The van der Waals surface area contributed by atoms with E-state index in [0.717, 1.165) is 25.1 Å². The maximum Gasteiger partial charge on any atom is 0.236 e. The molecule has 1 amide bonds. The summed E-state index contributed by atoms with van der Waals surface area (Å²) in [5.41, 5.74) is 0.952. The Balaban J connectivity index is 2.33. The van der Waals surface area contributed by atoms with Crippen LogP contribution in [0.15, 0.2) is 24.4 Å². The zero-order chi connectivity index (χ0) is 14.1. The molecule has 4 nitrogen and oxygen atoms in total. The molecular formula is C15H25N3O. The number of aromatic nitrogens is 1. The second kappa shape index (κ2) is 8.64. The fourth-order valence-electron chi connectivity index (χ4n) is 1.91. The number of nitrogens with one attached hydrogen (secondary N) is 2. The minimum atomic E-state index is -0.210. The van der Waals surface area contributed by atoms with Crippen LogP contribution < -0.4 is 10.6 Å². The lowest BCUT2D eigenvalue weighted by molar-refractivity contribution is -0.122. The Hall–Kier alpha value is -1.42. The van der Waals surface area contributed by atoms with E-state index in [-0.39, 0.29) is 18.0 Å². The molecule has 1 unspecified atom stereocenters. The second-order valence-electron chi connectivity index (χ2n) is 4.86. The molecule has 106 valence electrons. The number of rotatable bonds is 8. The zero-order valence-electron chi connectivity index (χ0n) is 12.1. The Morgan fingerprint density at radius 2 is 2.11 bits per heavy atom. The van der Waals surface area contributed by atoms with Gasteiger partial charge in [-0.05, 0) is 32.4 Å². The number of carbonyl (C=O) groups excluding carboxylic acids is 1. The lowest BCUT2D eigenvalue weighted by Crippen LogP contribution is -2.43. The van der Waals surface area contributed by atoms with Crippen LogP contribution in [0.5, 0.6) is 0 Å². The van der Waals surface area contributed by atoms with Crippen LogP contribution in [-0.4, -0.2) is 23.5 Å². The number of unbranched alkanes of at least 4 members (excludes halogenated alkanes) is 2. The predicted octanol–water partition coefficient (Wildman–Crippen LogP) is 2.43. The third-order valence-electron chi connectivity index (χ3n) is 3.10. The minimum Gasteiger partial charge on any atom is -0.355 e. The summed E-state index contributed by atoms with van der Waals surface area (Å²) >= 11 is 0. The first-order valence-corrected chi connectivity index (χ1v) is 7.09. The van der Waals surface area contributed by atoms with Gasteiger partial charge in [-0.1, -0.05) is 25.8 Å². The summed E-state index contributed by atoms with van der Waals surface area (Å²) in [6.07, 6.45) is 5.14. The Labute approximate surface area is 116 Å². The van der Waals surface area contributed by atoms with E-state index < -0.39 is 0 Å². The summed E-state index contributed by atoms with van der Waals surface area (Å²) in [6.45, 7) is 6.81. The van der Waals surface area contributed by atoms with Gasteiger partial charge in [0.2, 0.25) is 5.91 Å². The summed E-state index contributed by atoms with van der Waals surface area (Å²) in [6, 6.07) is 5.66. The van der Waals surface area contributed by atoms with Crippen molar-refractivity contribution in [2.45, 2.75) is 52.1 Å². The fourth-order valence-corrected chi connectivity index (χ4v) is 1.91. The number of amides is 1. The Kier molecular flexibility index (Phi) is 7.11. The minimum absolute atomic E-state index is 0.0545. The van der Waals surface area contributed by atoms with Crippen LogP contribution in [-0.2, 0) is 4.79 Å². The number of nitrogens with zero attached hydrogens (tertiary/aromatic N) is 1. The van der Waals surface area contributed by atoms with Crippen LogP contribution in [0.25, 0.3) is 0 Å². The largest absolute Gasteiger partial charge is 0.355 e. The van der Waals surface area contributed by atoms with Crippen LogP contribution in [0.3, 0.4) is 0 Å². The molecule has 0 saturated carbocycles. The molecular weight excluding hydrogens is 238 g/mol. The molecule has 0 saturated heterocycles. The van der Waals surface area contributed by atoms with Crippen molar-refractivity contribution in [1.82, 2.24) is 15.6 Å². The van der Waals surface area contributed by atoms with Crippen molar-refractivity contribution in [2.24, 2.45) is 0 Å². The highest BCUT2D eigenvalue weighted by molar-refractivity contribution is 5.81. The molecule has 2 N–H and O–H groups in total. The van der Waals surface area contributed by atoms with Crippen molar-refractivity contribution < 1.29 is 4.79 Å². The number of pyridine rings is 1. The number of carbonyl (C=O) groups is 1. The molecule has 0 radical (unpaired) electrons. The molecule has 0 aliphatic carbocycles. The Bertz CT molecular complexity index is 367. The zero-order valence-corrected chi connectivity index (χ0v) is 12.1. The van der Waals surface area contributed by atoms with Crippen LogP contribution in [0.1, 0.15) is 51.8 Å². The van der Waals surface area contributed by atoms with Crippen molar-refractivity contribution in [3.63, 3.8) is 0 Å². The van der Waals surface area contributed by atoms with Crippen molar-refractivity contribution in [3.8, 4) is 0 Å². The SMILES string of the molecule is CCCCCNC(=O)C(C)N[C@@H](C)c1ccccn1. The average Bonchev–Trinajstić information content (AvgIpc) is 2.44. The van der Waals surface area contributed by atoms with Crippen molar-refractivity contribution in [3.05, 3.63) is 30.1 Å². The highest BCUT2D eigenvalue weighted by Gasteiger charge is 2.16. The summed E-state index contributed by atoms with van der Waals surface area (Å²) in [7, 11) is 0. The van der Waals surface area contributed by atoms with Crippen LogP contribution in [0.4, 0.5) is 0 Å². The van der Waals surface area contributed by atoms with Gasteiger partial charge in [0.1, 0.15) is 0 Å². The van der Waals surface area contributed by atoms with E-state index in [4.69, 9.17) is 0 Å². The number of hydrogen-bond donors (Lipinski definition) is 2. The standard InChI is InChI=1S/C15H25N3O/c1-4-5-7-11-17-15(19)13(3)18-12(2)14-9-6-8-10-16-14/h6,8-10,12-13,18H,4-5,7,11H2,1-3H3,(H,17,19)/t12-,13?/m0/s1. The summed E-state index contributed by atoms with van der Waals surface area (Å²) in [4.78, 5) is 16.2. The van der Waals surface area contributed by atoms with Gasteiger partial charge in [-0.3, -0.25) is 15.1 Å². The monoisotopic (exact) mass is 263 g/mol. The van der Waals surface area contributed by atoms with Gasteiger partial charge in [-0.15, -0.1) is 0 Å². The smallest absolute Gasteiger partial charge is 0.236 e. The van der Waals surface area contributed by atoms with Gasteiger partial charge < -0.3 is 5.32 Å². The Morgan fingerprint density at radius 3 is 2.74 bits per heavy atom. The van der Waals surface area contributed by atoms with Gasteiger partial charge in [-0.2, -0.15) is 0 Å². The van der Waals surface area contributed by atoms with Gasteiger partial charge in [0.25, 0.3) is 0 Å². The molecule has 0 aliphatic heterocycles. The van der Waals surface area contributed by atoms with Gasteiger partial charge in [0, 0.05) is 18.8 Å². The van der Waals surface area contributed by atoms with E-state index in [2.05, 4.69) is 22.5 Å². The lowest BCUT2D eigenvalue weighted by Gasteiger charge is -2.19. The first-order chi connectivity index (χ1) is 9.15. The van der Waals surface area contributed by atoms with E-state index in [9.17, 15) is 4.79 Å². The molecule has 2 atom stereocenters. The molecule has 0 aliphatic rings. The maximum atomic E-state index is 11.9. The van der Waals surface area contributed by atoms with Crippen molar-refractivity contribution in [2.75, 3.05) is 6.54 Å². The Morgan fingerprint density at radius 1 is 1.32 bits per heavy atom. The first kappa shape index (κ1) is 15.6. The van der Waals surface area contributed by atoms with E-state index in [1.807, 2.05) is 32.0 Å². The van der Waals surface area contributed by atoms with Gasteiger partial charge in [0.05, 0.1) is 11.7 Å². The molecule has 0 spiro atoms. The quantitative estimate of drug-likeness (QED) is 0.708. The topological polar surface area (TPSA) is 54.0 Å².